The van der Waals surface area contributed by atoms with E-state index in [2.05, 4.69) is 25.9 Å². The van der Waals surface area contributed by atoms with Gasteiger partial charge in [0, 0.05) is 6.20 Å². The van der Waals surface area contributed by atoms with Gasteiger partial charge in [0.15, 0.2) is 0 Å². The van der Waals surface area contributed by atoms with Crippen molar-refractivity contribution in [1.82, 2.24) is 9.97 Å². The van der Waals surface area contributed by atoms with E-state index in [9.17, 15) is 4.79 Å². The fourth-order valence-electron chi connectivity index (χ4n) is 0.906. The highest BCUT2D eigenvalue weighted by atomic mass is 79.9. The summed E-state index contributed by atoms with van der Waals surface area (Å²) in [6, 6.07) is 0. The first kappa shape index (κ1) is 13.4. The number of carbonyl (C=O) groups is 1. The van der Waals surface area contributed by atoms with E-state index in [1.165, 1.54) is 18.1 Å². The number of thioether (sulfide) groups is 1. The maximum atomic E-state index is 11.4. The summed E-state index contributed by atoms with van der Waals surface area (Å²) in [6.07, 6.45) is 3.09. The zero-order chi connectivity index (χ0) is 12.2. The monoisotopic (exact) mass is 304 g/mol. The molecule has 0 saturated carbocycles. The molecule has 1 aromatic heterocycles. The number of hydrogen-bond acceptors (Lipinski definition) is 5. The van der Waals surface area contributed by atoms with Gasteiger partial charge in [0.05, 0.1) is 10.2 Å². The van der Waals surface area contributed by atoms with Crippen LogP contribution in [0.3, 0.4) is 0 Å². The zero-order valence-corrected chi connectivity index (χ0v) is 11.8. The van der Waals surface area contributed by atoms with Gasteiger partial charge in [-0.25, -0.2) is 9.97 Å². The molecule has 4 nitrogen and oxygen atoms in total. The van der Waals surface area contributed by atoms with Crippen molar-refractivity contribution in [2.75, 3.05) is 5.75 Å². The molecule has 16 heavy (non-hydrogen) atoms. The quantitative estimate of drug-likeness (QED) is 0.488. The van der Waals surface area contributed by atoms with Gasteiger partial charge < -0.3 is 4.74 Å². The van der Waals surface area contributed by atoms with Crippen LogP contribution in [0.25, 0.3) is 0 Å². The summed E-state index contributed by atoms with van der Waals surface area (Å²) in [5.74, 6) is -0.00427. The highest BCUT2D eigenvalue weighted by Crippen LogP contribution is 2.24. The predicted molar refractivity (Wildman–Crippen MR) is 66.3 cm³/mol. The highest BCUT2D eigenvalue weighted by molar-refractivity contribution is 9.10. The Morgan fingerprint density at radius 3 is 2.81 bits per heavy atom. The van der Waals surface area contributed by atoms with Crippen LogP contribution in [0.1, 0.15) is 20.8 Å². The zero-order valence-electron chi connectivity index (χ0n) is 9.36. The molecule has 0 aliphatic heterocycles. The summed E-state index contributed by atoms with van der Waals surface area (Å²) in [6.45, 7) is 5.53. The summed E-state index contributed by atoms with van der Waals surface area (Å²) in [4.78, 5) is 19.3. The fourth-order valence-corrected chi connectivity index (χ4v) is 2.10. The molecule has 0 spiro atoms. The highest BCUT2D eigenvalue weighted by Gasteiger charge is 2.16. The average Bonchev–Trinajstić information content (AvgIpc) is 2.14. The molecule has 0 aromatic carbocycles. The maximum Gasteiger partial charge on any atom is 0.316 e. The Balaban J connectivity index is 2.47. The molecule has 0 fully saturated rings. The Labute approximate surface area is 107 Å². The molecule has 0 radical (unpaired) electrons. The van der Waals surface area contributed by atoms with Crippen molar-refractivity contribution in [3.8, 4) is 0 Å². The molecule has 1 heterocycles. The Bertz CT molecular complexity index is 379. The third-order valence-electron chi connectivity index (χ3n) is 1.38. The molecule has 0 amide bonds. The summed E-state index contributed by atoms with van der Waals surface area (Å²) < 4.78 is 5.96. The minimum absolute atomic E-state index is 0.243. The van der Waals surface area contributed by atoms with Crippen LogP contribution in [-0.4, -0.2) is 27.3 Å². The number of carbonyl (C=O) groups excluding carboxylic acids is 1. The van der Waals surface area contributed by atoms with Gasteiger partial charge in [-0.1, -0.05) is 11.8 Å². The first-order valence-corrected chi connectivity index (χ1v) is 6.46. The summed E-state index contributed by atoms with van der Waals surface area (Å²) >= 11 is 4.63. The lowest BCUT2D eigenvalue weighted by Gasteiger charge is -2.19. The minimum atomic E-state index is -0.444. The van der Waals surface area contributed by atoms with Crippen LogP contribution < -0.4 is 0 Å². The van der Waals surface area contributed by atoms with Gasteiger partial charge in [0.2, 0.25) is 0 Å². The first-order chi connectivity index (χ1) is 7.38. The Kier molecular flexibility index (Phi) is 4.73. The van der Waals surface area contributed by atoms with Crippen molar-refractivity contribution in [2.24, 2.45) is 0 Å². The summed E-state index contributed by atoms with van der Waals surface area (Å²) in [7, 11) is 0. The van der Waals surface area contributed by atoms with Crippen LogP contribution >= 0.6 is 27.7 Å². The van der Waals surface area contributed by atoms with E-state index < -0.39 is 5.60 Å². The van der Waals surface area contributed by atoms with Gasteiger partial charge in [-0.05, 0) is 36.7 Å². The lowest BCUT2D eigenvalue weighted by atomic mass is 10.2. The van der Waals surface area contributed by atoms with E-state index in [-0.39, 0.29) is 11.7 Å². The van der Waals surface area contributed by atoms with E-state index in [0.717, 1.165) is 9.50 Å². The first-order valence-electron chi connectivity index (χ1n) is 4.68. The van der Waals surface area contributed by atoms with E-state index in [1.807, 2.05) is 20.8 Å². The van der Waals surface area contributed by atoms with Gasteiger partial charge in [-0.2, -0.15) is 0 Å². The van der Waals surface area contributed by atoms with Gasteiger partial charge in [0.25, 0.3) is 0 Å². The number of esters is 1. The van der Waals surface area contributed by atoms with Crippen LogP contribution in [0.15, 0.2) is 22.0 Å². The molecule has 1 aromatic rings. The molecule has 0 aliphatic rings. The molecule has 0 N–H and O–H groups in total. The smallest absolute Gasteiger partial charge is 0.316 e. The van der Waals surface area contributed by atoms with Gasteiger partial charge in [0.1, 0.15) is 17.0 Å². The number of nitrogens with zero attached hydrogens (tertiary/aromatic N) is 2. The van der Waals surface area contributed by atoms with Crippen molar-refractivity contribution in [3.63, 3.8) is 0 Å². The molecule has 0 aliphatic carbocycles. The normalized spacial score (nSPS) is 11.2. The molecule has 88 valence electrons. The van der Waals surface area contributed by atoms with E-state index in [4.69, 9.17) is 4.74 Å². The summed E-state index contributed by atoms with van der Waals surface area (Å²) in [5.41, 5.74) is -0.444. The van der Waals surface area contributed by atoms with E-state index in [0.29, 0.717) is 0 Å². The molecule has 0 saturated heterocycles. The average molecular weight is 305 g/mol. The van der Waals surface area contributed by atoms with Crippen molar-refractivity contribution in [1.29, 1.82) is 0 Å². The molecule has 0 atom stereocenters. The SMILES string of the molecule is CC(C)(C)OC(=O)CSc1ncncc1Br. The number of aromatic nitrogens is 2. The van der Waals surface area contributed by atoms with Crippen molar-refractivity contribution in [2.45, 2.75) is 31.4 Å². The van der Waals surface area contributed by atoms with Gasteiger partial charge in [-0.15, -0.1) is 0 Å². The number of hydrogen-bond donors (Lipinski definition) is 0. The van der Waals surface area contributed by atoms with Crippen molar-refractivity contribution in [3.05, 3.63) is 17.0 Å². The van der Waals surface area contributed by atoms with E-state index >= 15 is 0 Å². The van der Waals surface area contributed by atoms with Crippen molar-refractivity contribution < 1.29 is 9.53 Å². The van der Waals surface area contributed by atoms with Crippen LogP contribution in [0, 0.1) is 0 Å². The second-order valence-corrected chi connectivity index (χ2v) is 5.87. The van der Waals surface area contributed by atoms with Gasteiger partial charge in [-0.3, -0.25) is 4.79 Å². The second-order valence-electron chi connectivity index (χ2n) is 4.05. The predicted octanol–water partition coefficient (Wildman–Crippen LogP) is 2.67. The van der Waals surface area contributed by atoms with Crippen molar-refractivity contribution >= 4 is 33.7 Å². The van der Waals surface area contributed by atoms with Crippen LogP contribution in [0.5, 0.6) is 0 Å². The number of rotatable bonds is 3. The second kappa shape index (κ2) is 5.63. The topological polar surface area (TPSA) is 52.1 Å². The van der Waals surface area contributed by atoms with Crippen LogP contribution in [0.2, 0.25) is 0 Å². The Morgan fingerprint density at radius 1 is 1.56 bits per heavy atom. The number of ether oxygens (including phenoxy) is 1. The lowest BCUT2D eigenvalue weighted by Crippen LogP contribution is -2.24. The Hall–Kier alpha value is -0.620. The van der Waals surface area contributed by atoms with E-state index in [1.54, 1.807) is 6.20 Å². The molecule has 6 heteroatoms. The van der Waals surface area contributed by atoms with Gasteiger partial charge >= 0.3 is 5.97 Å². The Morgan fingerprint density at radius 2 is 2.25 bits per heavy atom. The minimum Gasteiger partial charge on any atom is -0.459 e. The molecule has 1 rings (SSSR count). The third kappa shape index (κ3) is 4.94. The lowest BCUT2D eigenvalue weighted by molar-refractivity contribution is -0.151. The summed E-state index contributed by atoms with van der Waals surface area (Å²) in [5, 5.41) is 0.737. The molecular weight excluding hydrogens is 292 g/mol. The molecule has 0 unspecified atom stereocenters. The fraction of sp³-hybridized carbons (Fsp3) is 0.500. The molecular formula is C10H13BrN2O2S. The standard InChI is InChI=1S/C10H13BrN2O2S/c1-10(2,3)15-8(14)5-16-9-7(11)4-12-6-13-9/h4,6H,5H2,1-3H3. The molecule has 0 bridgehead atoms. The van der Waals surface area contributed by atoms with Crippen LogP contribution in [0.4, 0.5) is 0 Å². The van der Waals surface area contributed by atoms with Crippen LogP contribution in [-0.2, 0) is 9.53 Å². The third-order valence-corrected chi connectivity index (χ3v) is 3.20. The maximum absolute atomic E-state index is 11.4. The number of halogens is 1. The largest absolute Gasteiger partial charge is 0.459 e.